The summed E-state index contributed by atoms with van der Waals surface area (Å²) in [5.74, 6) is 0. The molecule has 0 radical (unpaired) electrons. The fraction of sp³-hybridized carbons (Fsp3) is 0.231. The molecule has 2 amide bonds. The topological polar surface area (TPSA) is 121 Å². The van der Waals surface area contributed by atoms with Crippen molar-refractivity contribution in [2.45, 2.75) is 39.3 Å². The molecule has 2 heterocycles. The second kappa shape index (κ2) is 12.0. The van der Waals surface area contributed by atoms with Gasteiger partial charge in [0, 0.05) is 22.6 Å². The number of rotatable bonds is 7. The van der Waals surface area contributed by atoms with Crippen LogP contribution in [0.15, 0.2) is 65.8 Å². The van der Waals surface area contributed by atoms with Gasteiger partial charge < -0.3 is 10.0 Å². The predicted molar refractivity (Wildman–Crippen MR) is 138 cm³/mol. The molecule has 2 aromatic carbocycles. The van der Waals surface area contributed by atoms with Crippen LogP contribution in [0, 0.1) is 27.7 Å². The second-order valence-corrected chi connectivity index (χ2v) is 9.97. The minimum absolute atomic E-state index is 0. The Hall–Kier alpha value is -3.05. The predicted octanol–water partition coefficient (Wildman–Crippen LogP) is 1.58. The molecule has 4 aromatic rings. The van der Waals surface area contributed by atoms with Crippen LogP contribution in [-0.4, -0.2) is 40.7 Å². The Labute approximate surface area is 239 Å². The van der Waals surface area contributed by atoms with Crippen LogP contribution in [0.1, 0.15) is 28.3 Å². The van der Waals surface area contributed by atoms with Gasteiger partial charge in [-0.25, -0.2) is 23.1 Å². The molecule has 186 valence electrons. The average molecular weight is 527 g/mol. The number of benzene rings is 2. The molecular weight excluding hydrogens is 499 g/mol. The van der Waals surface area contributed by atoms with Crippen molar-refractivity contribution in [3.63, 3.8) is 0 Å². The van der Waals surface area contributed by atoms with Gasteiger partial charge in [-0.05, 0) is 70.0 Å². The maximum atomic E-state index is 12.3. The minimum atomic E-state index is -4.28. The third-order valence-electron chi connectivity index (χ3n) is 5.62. The van der Waals surface area contributed by atoms with Gasteiger partial charge in [-0.3, -0.25) is 4.79 Å². The molecule has 9 nitrogen and oxygen atoms in total. The first-order valence-corrected chi connectivity index (χ1v) is 12.9. The summed E-state index contributed by atoms with van der Waals surface area (Å²) in [6, 6.07) is 18.7. The summed E-state index contributed by atoms with van der Waals surface area (Å²) >= 11 is 0. The minimum Gasteiger partial charge on any atom is -0.448 e. The van der Waals surface area contributed by atoms with Crippen LogP contribution >= 0.6 is 0 Å². The third-order valence-corrected chi connectivity index (χ3v) is 6.67. The summed E-state index contributed by atoms with van der Waals surface area (Å²) < 4.78 is 29.9. The normalized spacial score (nSPS) is 11.0. The van der Waals surface area contributed by atoms with Crippen LogP contribution in [0.25, 0.3) is 21.5 Å². The monoisotopic (exact) mass is 526 g/mol. The van der Waals surface area contributed by atoms with E-state index in [1.165, 1.54) is 0 Å². The SMILES string of the molecule is Cc1cc(C)nc(S(=O)(=O)[N-]C(=O)NCCc2ccc(-n3nc(C)c(-c4ccccc4)c3C)cc2)n1.[Na+]. The third kappa shape index (κ3) is 6.84. The Balaban J connectivity index is 0.00000380. The van der Waals surface area contributed by atoms with Gasteiger partial charge in [0.25, 0.3) is 0 Å². The van der Waals surface area contributed by atoms with Crippen molar-refractivity contribution >= 4 is 16.1 Å². The Morgan fingerprint density at radius 1 is 0.946 bits per heavy atom. The summed E-state index contributed by atoms with van der Waals surface area (Å²) in [5, 5.41) is 6.75. The molecular formula is C26H27N6NaO3S. The maximum Gasteiger partial charge on any atom is 1.00 e. The number of nitrogens with one attached hydrogen (secondary N) is 1. The van der Waals surface area contributed by atoms with Crippen molar-refractivity contribution in [2.24, 2.45) is 0 Å². The molecule has 0 saturated carbocycles. The Kier molecular flexibility index (Phi) is 9.25. The van der Waals surface area contributed by atoms with Gasteiger partial charge in [-0.1, -0.05) is 42.5 Å². The van der Waals surface area contributed by atoms with E-state index in [9.17, 15) is 13.2 Å². The smallest absolute Gasteiger partial charge is 0.448 e. The van der Waals surface area contributed by atoms with Gasteiger partial charge in [0.1, 0.15) is 0 Å². The molecule has 4 rings (SSSR count). The van der Waals surface area contributed by atoms with E-state index in [2.05, 4.69) is 32.1 Å². The number of urea groups is 1. The van der Waals surface area contributed by atoms with Crippen molar-refractivity contribution in [1.29, 1.82) is 0 Å². The molecule has 0 atom stereocenters. The zero-order chi connectivity index (χ0) is 25.9. The van der Waals surface area contributed by atoms with Crippen LogP contribution in [0.5, 0.6) is 0 Å². The first-order chi connectivity index (χ1) is 17.1. The van der Waals surface area contributed by atoms with Crippen LogP contribution in [0.4, 0.5) is 4.79 Å². The first kappa shape index (κ1) is 28.5. The summed E-state index contributed by atoms with van der Waals surface area (Å²) in [6.45, 7) is 7.57. The number of nitrogens with zero attached hydrogens (tertiary/aromatic N) is 5. The van der Waals surface area contributed by atoms with E-state index in [-0.39, 0.29) is 36.1 Å². The van der Waals surface area contributed by atoms with Gasteiger partial charge >= 0.3 is 29.6 Å². The number of aryl methyl sites for hydroxylation is 3. The van der Waals surface area contributed by atoms with Gasteiger partial charge in [0.05, 0.1) is 11.4 Å². The van der Waals surface area contributed by atoms with Crippen molar-refractivity contribution < 1.29 is 42.8 Å². The maximum absolute atomic E-state index is 12.3. The fourth-order valence-electron chi connectivity index (χ4n) is 4.03. The average Bonchev–Trinajstić information content (AvgIpc) is 3.13. The van der Waals surface area contributed by atoms with Crippen molar-refractivity contribution in [3.05, 3.63) is 93.7 Å². The number of hydrogen-bond acceptors (Lipinski definition) is 6. The molecule has 1 N–H and O–H groups in total. The van der Waals surface area contributed by atoms with Gasteiger partial charge in [-0.15, -0.1) is 0 Å². The van der Waals surface area contributed by atoms with E-state index in [1.54, 1.807) is 19.9 Å². The Morgan fingerprint density at radius 3 is 2.19 bits per heavy atom. The van der Waals surface area contributed by atoms with Crippen LogP contribution < -0.4 is 34.9 Å². The van der Waals surface area contributed by atoms with Crippen LogP contribution in [0.3, 0.4) is 0 Å². The van der Waals surface area contributed by atoms with Gasteiger partial charge in [0.15, 0.2) is 6.03 Å². The largest absolute Gasteiger partial charge is 1.00 e. The number of carbonyl (C=O) groups excluding carboxylic acids is 1. The molecule has 11 heteroatoms. The standard InChI is InChI=1S/C26H28N6O3S.Na/c1-17-16-18(2)29-26(28-17)36(34,35)31-25(33)27-15-14-21-10-12-23(13-11-21)32-20(4)24(19(3)30-32)22-8-6-5-7-9-22;/h5-13,16H,14-15H2,1-4H3,(H2,27,31,33);/q;+1/p-1. The van der Waals surface area contributed by atoms with Gasteiger partial charge in [0.2, 0.25) is 15.2 Å². The summed E-state index contributed by atoms with van der Waals surface area (Å²) in [7, 11) is -4.28. The van der Waals surface area contributed by atoms with E-state index in [0.29, 0.717) is 17.8 Å². The van der Waals surface area contributed by atoms with Crippen LogP contribution in [0.2, 0.25) is 0 Å². The summed E-state index contributed by atoms with van der Waals surface area (Å²) in [4.78, 5) is 19.8. The number of aromatic nitrogens is 4. The van der Waals surface area contributed by atoms with Gasteiger partial charge in [-0.2, -0.15) is 5.10 Å². The fourth-order valence-corrected chi connectivity index (χ4v) is 4.91. The van der Waals surface area contributed by atoms with E-state index in [4.69, 9.17) is 5.10 Å². The van der Waals surface area contributed by atoms with E-state index in [0.717, 1.165) is 33.8 Å². The molecule has 0 unspecified atom stereocenters. The second-order valence-electron chi connectivity index (χ2n) is 8.47. The first-order valence-electron chi connectivity index (χ1n) is 11.4. The molecule has 0 fully saturated rings. The number of sulfonamides is 1. The molecule has 0 aliphatic rings. The molecule has 37 heavy (non-hydrogen) atoms. The molecule has 0 aliphatic carbocycles. The zero-order valence-electron chi connectivity index (χ0n) is 21.6. The molecule has 0 aliphatic heterocycles. The summed E-state index contributed by atoms with van der Waals surface area (Å²) in [5.41, 5.74) is 7.12. The number of carbonyl (C=O) groups is 1. The van der Waals surface area contributed by atoms with E-state index >= 15 is 0 Å². The zero-order valence-corrected chi connectivity index (χ0v) is 24.4. The quantitative estimate of drug-likeness (QED) is 0.288. The Morgan fingerprint density at radius 2 is 1.57 bits per heavy atom. The van der Waals surface area contributed by atoms with E-state index < -0.39 is 21.2 Å². The Bertz CT molecular complexity index is 1480. The van der Waals surface area contributed by atoms with E-state index in [1.807, 2.05) is 61.0 Å². The molecule has 0 saturated heterocycles. The van der Waals surface area contributed by atoms with Crippen LogP contribution in [-0.2, 0) is 16.4 Å². The summed E-state index contributed by atoms with van der Waals surface area (Å²) in [6.07, 6.45) is 0.508. The molecule has 0 spiro atoms. The molecule has 0 bridgehead atoms. The van der Waals surface area contributed by atoms with Crippen molar-refractivity contribution in [1.82, 2.24) is 25.1 Å². The van der Waals surface area contributed by atoms with Crippen molar-refractivity contribution in [2.75, 3.05) is 6.54 Å². The number of amides is 2. The number of hydrogen-bond donors (Lipinski definition) is 1. The molecule has 2 aromatic heterocycles. The van der Waals surface area contributed by atoms with Crippen molar-refractivity contribution in [3.8, 4) is 16.8 Å².